The van der Waals surface area contributed by atoms with Gasteiger partial charge in [0.1, 0.15) is 11.5 Å². The Balaban J connectivity index is 1.92. The van der Waals surface area contributed by atoms with Gasteiger partial charge in [0, 0.05) is 12.6 Å². The van der Waals surface area contributed by atoms with Crippen molar-refractivity contribution in [1.82, 2.24) is 10.5 Å². The van der Waals surface area contributed by atoms with Gasteiger partial charge in [-0.1, -0.05) is 17.3 Å². The summed E-state index contributed by atoms with van der Waals surface area (Å²) in [6, 6.07) is 7.58. The Bertz CT molecular complexity index is 696. The number of rotatable bonds is 6. The average molecular weight is 333 g/mol. The Kier molecular flexibility index (Phi) is 5.78. The van der Waals surface area contributed by atoms with Crippen LogP contribution in [-0.4, -0.2) is 35.9 Å². The van der Waals surface area contributed by atoms with Crippen molar-refractivity contribution in [2.75, 3.05) is 19.0 Å². The number of esters is 1. The lowest BCUT2D eigenvalue weighted by molar-refractivity contribution is -0.145. The number of aryl methyl sites for hydroxylation is 1. The molecule has 3 N–H and O–H groups in total. The normalized spacial score (nSPS) is 11.6. The molecule has 8 nitrogen and oxygen atoms in total. The molecule has 0 bridgehead atoms. The number of aromatic nitrogens is 1. The number of anilines is 1. The third kappa shape index (κ3) is 5.01. The van der Waals surface area contributed by atoms with Crippen molar-refractivity contribution >= 4 is 17.8 Å². The zero-order valence-electron chi connectivity index (χ0n) is 13.4. The fourth-order valence-corrected chi connectivity index (χ4v) is 2.12. The Morgan fingerprint density at radius 2 is 2.04 bits per heavy atom. The van der Waals surface area contributed by atoms with Crippen LogP contribution in [0.2, 0.25) is 0 Å². The van der Waals surface area contributed by atoms with E-state index in [1.807, 2.05) is 0 Å². The quantitative estimate of drug-likeness (QED) is 0.695. The van der Waals surface area contributed by atoms with Crippen molar-refractivity contribution in [3.63, 3.8) is 0 Å². The lowest BCUT2D eigenvalue weighted by atomic mass is 9.99. The first-order chi connectivity index (χ1) is 11.5. The van der Waals surface area contributed by atoms with Crippen molar-refractivity contribution in [2.24, 2.45) is 5.92 Å². The molecule has 0 aliphatic carbocycles. The van der Waals surface area contributed by atoms with Gasteiger partial charge in [-0.3, -0.25) is 10.1 Å². The Morgan fingerprint density at radius 1 is 1.33 bits per heavy atom. The van der Waals surface area contributed by atoms with Crippen LogP contribution >= 0.6 is 0 Å². The molecule has 0 spiro atoms. The molecular weight excluding hydrogens is 314 g/mol. The fourth-order valence-electron chi connectivity index (χ4n) is 2.12. The molecule has 0 fully saturated rings. The predicted molar refractivity (Wildman–Crippen MR) is 85.6 cm³/mol. The minimum atomic E-state index is -0.552. The molecule has 0 unspecified atom stereocenters. The van der Waals surface area contributed by atoms with Crippen molar-refractivity contribution < 1.29 is 24.0 Å². The number of amides is 2. The van der Waals surface area contributed by atoms with Crippen LogP contribution in [0.15, 0.2) is 34.9 Å². The van der Waals surface area contributed by atoms with Crippen LogP contribution in [-0.2, 0) is 16.0 Å². The number of phenolic OH excluding ortho intramolecular Hbond substituents is 1. The summed E-state index contributed by atoms with van der Waals surface area (Å²) in [6.45, 7) is 1.80. The van der Waals surface area contributed by atoms with E-state index < -0.39 is 17.9 Å². The molecule has 0 aliphatic heterocycles. The molecule has 24 heavy (non-hydrogen) atoms. The van der Waals surface area contributed by atoms with E-state index in [1.54, 1.807) is 25.1 Å². The average Bonchev–Trinajstić information content (AvgIpc) is 2.97. The summed E-state index contributed by atoms with van der Waals surface area (Å²) in [4.78, 5) is 23.7. The molecule has 0 saturated heterocycles. The van der Waals surface area contributed by atoms with Gasteiger partial charge in [0.2, 0.25) is 0 Å². The number of carbonyl (C=O) groups excluding carboxylic acids is 2. The molecule has 1 atom stereocenters. The molecule has 1 heterocycles. The highest BCUT2D eigenvalue weighted by Crippen LogP contribution is 2.14. The van der Waals surface area contributed by atoms with Gasteiger partial charge in [0.15, 0.2) is 5.82 Å². The van der Waals surface area contributed by atoms with E-state index in [0.29, 0.717) is 12.2 Å². The summed E-state index contributed by atoms with van der Waals surface area (Å²) in [7, 11) is 1.30. The molecule has 8 heteroatoms. The van der Waals surface area contributed by atoms with E-state index in [-0.39, 0.29) is 18.1 Å². The van der Waals surface area contributed by atoms with E-state index in [9.17, 15) is 14.7 Å². The summed E-state index contributed by atoms with van der Waals surface area (Å²) in [5.41, 5.74) is 0.845. The zero-order chi connectivity index (χ0) is 17.5. The van der Waals surface area contributed by atoms with Crippen LogP contribution < -0.4 is 10.6 Å². The number of methoxy groups -OCH3 is 1. The maximum absolute atomic E-state index is 11.9. The molecule has 1 aromatic carbocycles. The van der Waals surface area contributed by atoms with E-state index >= 15 is 0 Å². The second-order valence-corrected chi connectivity index (χ2v) is 5.25. The highest BCUT2D eigenvalue weighted by Gasteiger charge is 2.21. The zero-order valence-corrected chi connectivity index (χ0v) is 13.4. The molecule has 2 aromatic rings. The van der Waals surface area contributed by atoms with E-state index in [2.05, 4.69) is 15.8 Å². The van der Waals surface area contributed by atoms with Gasteiger partial charge in [-0.05, 0) is 31.0 Å². The van der Waals surface area contributed by atoms with Crippen LogP contribution in [0.3, 0.4) is 0 Å². The maximum atomic E-state index is 11.9. The first kappa shape index (κ1) is 17.3. The molecule has 0 aliphatic rings. The Labute approximate surface area is 138 Å². The van der Waals surface area contributed by atoms with Crippen LogP contribution in [0.1, 0.15) is 11.3 Å². The van der Waals surface area contributed by atoms with Gasteiger partial charge < -0.3 is 19.7 Å². The van der Waals surface area contributed by atoms with E-state index in [1.165, 1.54) is 19.2 Å². The molecule has 128 valence electrons. The Hall–Kier alpha value is -3.03. The van der Waals surface area contributed by atoms with E-state index in [4.69, 9.17) is 9.26 Å². The predicted octanol–water partition coefficient (Wildman–Crippen LogP) is 1.84. The third-order valence-electron chi connectivity index (χ3n) is 3.33. The van der Waals surface area contributed by atoms with Gasteiger partial charge in [0.25, 0.3) is 0 Å². The summed E-state index contributed by atoms with van der Waals surface area (Å²) in [6.07, 6.45) is 0.371. The van der Waals surface area contributed by atoms with Gasteiger partial charge in [-0.15, -0.1) is 0 Å². The fraction of sp³-hybridized carbons (Fsp3) is 0.312. The van der Waals surface area contributed by atoms with Crippen LogP contribution in [0.5, 0.6) is 5.75 Å². The molecule has 2 rings (SSSR count). The lowest BCUT2D eigenvalue weighted by Crippen LogP contribution is -2.37. The number of nitrogens with zero attached hydrogens (tertiary/aromatic N) is 1. The van der Waals surface area contributed by atoms with Crippen LogP contribution in [0.4, 0.5) is 10.6 Å². The molecule has 1 aromatic heterocycles. The highest BCUT2D eigenvalue weighted by molar-refractivity contribution is 5.88. The first-order valence-electron chi connectivity index (χ1n) is 7.32. The number of phenols is 1. The van der Waals surface area contributed by atoms with Crippen molar-refractivity contribution in [2.45, 2.75) is 13.3 Å². The number of ether oxygens (including phenoxy) is 1. The number of hydrogen-bond acceptors (Lipinski definition) is 6. The van der Waals surface area contributed by atoms with Crippen LogP contribution in [0.25, 0.3) is 0 Å². The van der Waals surface area contributed by atoms with Crippen molar-refractivity contribution in [1.29, 1.82) is 0 Å². The summed E-state index contributed by atoms with van der Waals surface area (Å²) in [5.74, 6) is 0.0296. The molecular formula is C16H19N3O5. The summed E-state index contributed by atoms with van der Waals surface area (Å²) in [5, 5.41) is 18.1. The van der Waals surface area contributed by atoms with Gasteiger partial charge in [0.05, 0.1) is 13.0 Å². The monoisotopic (exact) mass is 333 g/mol. The second kappa shape index (κ2) is 8.00. The number of nitrogens with one attached hydrogen (secondary N) is 2. The molecule has 2 amide bonds. The third-order valence-corrected chi connectivity index (χ3v) is 3.33. The largest absolute Gasteiger partial charge is 0.508 e. The number of aromatic hydroxyl groups is 1. The number of urea groups is 1. The van der Waals surface area contributed by atoms with Gasteiger partial charge in [-0.2, -0.15) is 0 Å². The Morgan fingerprint density at radius 3 is 2.62 bits per heavy atom. The highest BCUT2D eigenvalue weighted by atomic mass is 16.5. The smallest absolute Gasteiger partial charge is 0.320 e. The topological polar surface area (TPSA) is 114 Å². The first-order valence-corrected chi connectivity index (χ1v) is 7.32. The van der Waals surface area contributed by atoms with Gasteiger partial charge in [-0.25, -0.2) is 4.79 Å². The van der Waals surface area contributed by atoms with Crippen molar-refractivity contribution in [3.05, 3.63) is 41.7 Å². The minimum Gasteiger partial charge on any atom is -0.508 e. The lowest BCUT2D eigenvalue weighted by Gasteiger charge is -2.15. The number of carbonyl (C=O) groups is 2. The molecule has 0 radical (unpaired) electrons. The van der Waals surface area contributed by atoms with Crippen molar-refractivity contribution in [3.8, 4) is 5.75 Å². The SMILES string of the molecule is COC(=O)[C@@H](CNC(=O)Nc1cc(C)on1)Cc1ccc(O)cc1. The summed E-state index contributed by atoms with van der Waals surface area (Å²) < 4.78 is 9.62. The standard InChI is InChI=1S/C16H19N3O5/c1-10-7-14(19-24-10)18-16(22)17-9-12(15(21)23-2)8-11-3-5-13(20)6-4-11/h3-7,12,20H,8-9H2,1-2H3,(H2,17,18,19,22)/t12-/m1/s1. The van der Waals surface area contributed by atoms with Gasteiger partial charge >= 0.3 is 12.0 Å². The minimum absolute atomic E-state index is 0.0935. The molecule has 0 saturated carbocycles. The maximum Gasteiger partial charge on any atom is 0.320 e. The number of hydrogen-bond donors (Lipinski definition) is 3. The summed E-state index contributed by atoms with van der Waals surface area (Å²) >= 11 is 0. The van der Waals surface area contributed by atoms with E-state index in [0.717, 1.165) is 5.56 Å². The van der Waals surface area contributed by atoms with Crippen LogP contribution in [0, 0.1) is 12.8 Å². The second-order valence-electron chi connectivity index (χ2n) is 5.25. The number of benzene rings is 1.